The van der Waals surface area contributed by atoms with Gasteiger partial charge in [-0.15, -0.1) is 0 Å². The molecule has 18 heavy (non-hydrogen) atoms. The van der Waals surface area contributed by atoms with Crippen LogP contribution in [0.3, 0.4) is 0 Å². The second-order valence-electron chi connectivity index (χ2n) is 4.17. The van der Waals surface area contributed by atoms with Crippen molar-refractivity contribution in [1.82, 2.24) is 9.78 Å². The molecule has 0 saturated heterocycles. The third kappa shape index (κ3) is 3.16. The minimum Gasteiger partial charge on any atom is -0.493 e. The molecule has 0 bridgehead atoms. The highest BCUT2D eigenvalue weighted by molar-refractivity contribution is 5.65. The molecule has 0 aliphatic heterocycles. The normalized spacial score (nSPS) is 10.3. The summed E-state index contributed by atoms with van der Waals surface area (Å²) in [7, 11) is 1.88. The van der Waals surface area contributed by atoms with E-state index < -0.39 is 0 Å². The van der Waals surface area contributed by atoms with Crippen LogP contribution in [0.5, 0.6) is 5.75 Å². The minimum absolute atomic E-state index is 0.676. The molecule has 0 aliphatic carbocycles. The molecule has 0 radical (unpaired) electrons. The minimum atomic E-state index is 0.676. The Bertz CT molecular complexity index is 521. The van der Waals surface area contributed by atoms with Crippen LogP contribution in [-0.4, -0.2) is 16.4 Å². The molecule has 0 amide bonds. The van der Waals surface area contributed by atoms with E-state index in [1.807, 2.05) is 31.4 Å². The topological polar surface area (TPSA) is 65.1 Å². The standard InChI is InChI=1S/C13H18N4O/c1-3-4-18-13-6-10(14)5-11(7-13)16-12-8-15-17(2)9-12/h5-9,16H,3-4,14H2,1-2H3. The molecular weight excluding hydrogens is 228 g/mol. The third-order valence-electron chi connectivity index (χ3n) is 2.40. The first kappa shape index (κ1) is 12.3. The van der Waals surface area contributed by atoms with E-state index in [0.717, 1.165) is 23.5 Å². The second kappa shape index (κ2) is 5.44. The quantitative estimate of drug-likeness (QED) is 0.796. The predicted molar refractivity (Wildman–Crippen MR) is 73.1 cm³/mol. The Morgan fingerprint density at radius 2 is 2.17 bits per heavy atom. The van der Waals surface area contributed by atoms with E-state index in [1.54, 1.807) is 10.9 Å². The lowest BCUT2D eigenvalue weighted by atomic mass is 10.2. The summed E-state index contributed by atoms with van der Waals surface area (Å²) in [5.41, 5.74) is 8.34. The van der Waals surface area contributed by atoms with Crippen molar-refractivity contribution < 1.29 is 4.74 Å². The maximum Gasteiger partial charge on any atom is 0.123 e. The molecule has 2 rings (SSSR count). The highest BCUT2D eigenvalue weighted by Gasteiger charge is 2.02. The smallest absolute Gasteiger partial charge is 0.123 e. The van der Waals surface area contributed by atoms with Gasteiger partial charge in [-0.1, -0.05) is 6.92 Å². The maximum absolute atomic E-state index is 5.85. The Morgan fingerprint density at radius 3 is 2.83 bits per heavy atom. The summed E-state index contributed by atoms with van der Waals surface area (Å²) in [6.07, 6.45) is 4.63. The zero-order valence-electron chi connectivity index (χ0n) is 10.7. The lowest BCUT2D eigenvalue weighted by Crippen LogP contribution is -1.98. The third-order valence-corrected chi connectivity index (χ3v) is 2.40. The van der Waals surface area contributed by atoms with Gasteiger partial charge in [0.15, 0.2) is 0 Å². The average Bonchev–Trinajstić information content (AvgIpc) is 2.71. The monoisotopic (exact) mass is 246 g/mol. The van der Waals surface area contributed by atoms with Gasteiger partial charge in [0.2, 0.25) is 0 Å². The fraction of sp³-hybridized carbons (Fsp3) is 0.308. The van der Waals surface area contributed by atoms with Crippen molar-refractivity contribution in [3.8, 4) is 5.75 Å². The van der Waals surface area contributed by atoms with Crippen LogP contribution in [0.15, 0.2) is 30.6 Å². The van der Waals surface area contributed by atoms with Crippen molar-refractivity contribution in [1.29, 1.82) is 0 Å². The van der Waals surface area contributed by atoms with Crippen LogP contribution in [0.1, 0.15) is 13.3 Å². The summed E-state index contributed by atoms with van der Waals surface area (Å²) in [6, 6.07) is 5.62. The van der Waals surface area contributed by atoms with Crippen LogP contribution < -0.4 is 15.8 Å². The number of benzene rings is 1. The van der Waals surface area contributed by atoms with E-state index in [1.165, 1.54) is 0 Å². The number of nitrogens with zero attached hydrogens (tertiary/aromatic N) is 2. The number of hydrogen-bond acceptors (Lipinski definition) is 4. The Kier molecular flexibility index (Phi) is 3.72. The van der Waals surface area contributed by atoms with Crippen molar-refractivity contribution in [3.63, 3.8) is 0 Å². The largest absolute Gasteiger partial charge is 0.493 e. The van der Waals surface area contributed by atoms with E-state index in [-0.39, 0.29) is 0 Å². The maximum atomic E-state index is 5.85. The number of aryl methyl sites for hydroxylation is 1. The van der Waals surface area contributed by atoms with Gasteiger partial charge in [0.25, 0.3) is 0 Å². The molecule has 0 unspecified atom stereocenters. The Balaban J connectivity index is 2.14. The van der Waals surface area contributed by atoms with Gasteiger partial charge in [0.1, 0.15) is 5.75 Å². The van der Waals surface area contributed by atoms with Crippen LogP contribution in [-0.2, 0) is 7.05 Å². The van der Waals surface area contributed by atoms with Crippen molar-refractivity contribution in [3.05, 3.63) is 30.6 Å². The summed E-state index contributed by atoms with van der Waals surface area (Å²) in [5.74, 6) is 0.781. The number of rotatable bonds is 5. The van der Waals surface area contributed by atoms with Gasteiger partial charge in [-0.25, -0.2) is 0 Å². The summed E-state index contributed by atoms with van der Waals surface area (Å²) in [5, 5.41) is 7.34. The fourth-order valence-corrected chi connectivity index (χ4v) is 1.65. The first-order chi connectivity index (χ1) is 8.67. The summed E-state index contributed by atoms with van der Waals surface area (Å²) < 4.78 is 7.32. The highest BCUT2D eigenvalue weighted by Crippen LogP contribution is 2.25. The number of anilines is 3. The van der Waals surface area contributed by atoms with Crippen LogP contribution in [0.25, 0.3) is 0 Å². The van der Waals surface area contributed by atoms with E-state index >= 15 is 0 Å². The first-order valence-electron chi connectivity index (χ1n) is 5.96. The van der Waals surface area contributed by atoms with Gasteiger partial charge in [0, 0.05) is 36.8 Å². The van der Waals surface area contributed by atoms with Crippen LogP contribution in [0, 0.1) is 0 Å². The zero-order valence-corrected chi connectivity index (χ0v) is 10.7. The fourth-order valence-electron chi connectivity index (χ4n) is 1.65. The molecule has 0 atom stereocenters. The van der Waals surface area contributed by atoms with E-state index in [9.17, 15) is 0 Å². The average molecular weight is 246 g/mol. The lowest BCUT2D eigenvalue weighted by Gasteiger charge is -2.09. The van der Waals surface area contributed by atoms with Crippen LogP contribution in [0.2, 0.25) is 0 Å². The van der Waals surface area contributed by atoms with Crippen LogP contribution in [0.4, 0.5) is 17.1 Å². The van der Waals surface area contributed by atoms with E-state index in [0.29, 0.717) is 12.3 Å². The van der Waals surface area contributed by atoms with Gasteiger partial charge in [-0.3, -0.25) is 4.68 Å². The molecule has 1 aromatic carbocycles. The van der Waals surface area contributed by atoms with Gasteiger partial charge < -0.3 is 15.8 Å². The van der Waals surface area contributed by atoms with Crippen molar-refractivity contribution >= 4 is 17.1 Å². The van der Waals surface area contributed by atoms with Crippen molar-refractivity contribution in [2.24, 2.45) is 7.05 Å². The number of ether oxygens (including phenoxy) is 1. The Hall–Kier alpha value is -2.17. The van der Waals surface area contributed by atoms with Crippen molar-refractivity contribution in [2.45, 2.75) is 13.3 Å². The molecule has 3 N–H and O–H groups in total. The highest BCUT2D eigenvalue weighted by atomic mass is 16.5. The zero-order chi connectivity index (χ0) is 13.0. The van der Waals surface area contributed by atoms with Crippen LogP contribution >= 0.6 is 0 Å². The number of nitrogens with two attached hydrogens (primary N) is 1. The van der Waals surface area contributed by atoms with Crippen molar-refractivity contribution in [2.75, 3.05) is 17.7 Å². The van der Waals surface area contributed by atoms with Gasteiger partial charge in [-0.05, 0) is 12.5 Å². The van der Waals surface area contributed by atoms with E-state index in [4.69, 9.17) is 10.5 Å². The molecule has 0 saturated carbocycles. The molecule has 1 heterocycles. The Morgan fingerprint density at radius 1 is 1.33 bits per heavy atom. The molecule has 0 aliphatic rings. The first-order valence-corrected chi connectivity index (χ1v) is 5.96. The summed E-state index contributed by atoms with van der Waals surface area (Å²) in [6.45, 7) is 2.76. The molecule has 5 heteroatoms. The molecule has 2 aromatic rings. The molecule has 0 spiro atoms. The molecular formula is C13H18N4O. The molecule has 1 aromatic heterocycles. The SMILES string of the molecule is CCCOc1cc(N)cc(Nc2cnn(C)c2)c1. The molecule has 0 fully saturated rings. The molecule has 96 valence electrons. The molecule has 5 nitrogen and oxygen atoms in total. The lowest BCUT2D eigenvalue weighted by molar-refractivity contribution is 0.318. The number of nitrogen functional groups attached to an aromatic ring is 1. The number of hydrogen-bond donors (Lipinski definition) is 2. The van der Waals surface area contributed by atoms with E-state index in [2.05, 4.69) is 17.3 Å². The van der Waals surface area contributed by atoms with Gasteiger partial charge in [0.05, 0.1) is 18.5 Å². The number of aromatic nitrogens is 2. The second-order valence-corrected chi connectivity index (χ2v) is 4.17. The number of nitrogens with one attached hydrogen (secondary N) is 1. The Labute approximate surface area is 107 Å². The van der Waals surface area contributed by atoms with Gasteiger partial charge in [-0.2, -0.15) is 5.10 Å². The summed E-state index contributed by atoms with van der Waals surface area (Å²) >= 11 is 0. The predicted octanol–water partition coefficient (Wildman–Crippen LogP) is 2.53. The summed E-state index contributed by atoms with van der Waals surface area (Å²) in [4.78, 5) is 0. The van der Waals surface area contributed by atoms with Gasteiger partial charge >= 0.3 is 0 Å².